The fourth-order valence-electron chi connectivity index (χ4n) is 2.29. The first-order valence-corrected chi connectivity index (χ1v) is 8.88. The fourth-order valence-corrected chi connectivity index (χ4v) is 3.06. The second-order valence-electron chi connectivity index (χ2n) is 5.73. The second kappa shape index (κ2) is 8.89. The number of hydrogen-bond acceptors (Lipinski definition) is 3. The molecule has 1 amide bonds. The Kier molecular flexibility index (Phi) is 6.85. The lowest BCUT2D eigenvalue weighted by molar-refractivity contribution is -0.137. The first-order valence-electron chi connectivity index (χ1n) is 7.89. The van der Waals surface area contributed by atoms with Crippen molar-refractivity contribution in [3.63, 3.8) is 0 Å². The predicted octanol–water partition coefficient (Wildman–Crippen LogP) is 4.11. The molecule has 2 rings (SSSR count). The monoisotopic (exact) mass is 381 g/mol. The van der Waals surface area contributed by atoms with E-state index in [2.05, 4.69) is 5.32 Å². The normalized spacial score (nSPS) is 12.5. The van der Waals surface area contributed by atoms with Crippen LogP contribution in [0.15, 0.2) is 59.5 Å². The lowest BCUT2D eigenvalue weighted by atomic mass is 10.0. The van der Waals surface area contributed by atoms with Gasteiger partial charge in [-0.3, -0.25) is 9.59 Å². The summed E-state index contributed by atoms with van der Waals surface area (Å²) in [7, 11) is 0. The molecular weight excluding hydrogens is 363 g/mol. The van der Waals surface area contributed by atoms with E-state index >= 15 is 0 Å². The van der Waals surface area contributed by atoms with Crippen LogP contribution in [0.4, 0.5) is 13.2 Å². The van der Waals surface area contributed by atoms with Crippen LogP contribution in [0.25, 0.3) is 0 Å². The third-order valence-electron chi connectivity index (χ3n) is 3.64. The Bertz CT molecular complexity index is 763. The highest BCUT2D eigenvalue weighted by atomic mass is 32.2. The van der Waals surface area contributed by atoms with Crippen LogP contribution in [0.3, 0.4) is 0 Å². The largest absolute Gasteiger partial charge is 0.416 e. The molecular formula is C19H18F3NO2S. The molecule has 0 saturated carbocycles. The number of benzene rings is 2. The molecule has 3 nitrogen and oxygen atoms in total. The summed E-state index contributed by atoms with van der Waals surface area (Å²) in [6, 6.07) is 13.4. The zero-order valence-corrected chi connectivity index (χ0v) is 14.9. The molecule has 0 aliphatic rings. The molecule has 138 valence electrons. The number of alkyl halides is 3. The number of halogens is 3. The molecule has 7 heteroatoms. The van der Waals surface area contributed by atoms with Crippen molar-refractivity contribution in [2.75, 3.05) is 5.75 Å². The van der Waals surface area contributed by atoms with Crippen LogP contribution in [0.2, 0.25) is 0 Å². The van der Waals surface area contributed by atoms with E-state index in [1.165, 1.54) is 19.1 Å². The van der Waals surface area contributed by atoms with Crippen molar-refractivity contribution >= 4 is 23.5 Å². The quantitative estimate of drug-likeness (QED) is 0.734. The van der Waals surface area contributed by atoms with Crippen molar-refractivity contribution in [2.45, 2.75) is 30.5 Å². The van der Waals surface area contributed by atoms with Crippen LogP contribution in [0, 0.1) is 0 Å². The molecule has 0 saturated heterocycles. The van der Waals surface area contributed by atoms with E-state index in [9.17, 15) is 22.8 Å². The van der Waals surface area contributed by atoms with Crippen LogP contribution in [0.1, 0.15) is 18.1 Å². The highest BCUT2D eigenvalue weighted by Gasteiger charge is 2.30. The topological polar surface area (TPSA) is 46.2 Å². The van der Waals surface area contributed by atoms with Crippen LogP contribution in [0.5, 0.6) is 0 Å². The van der Waals surface area contributed by atoms with E-state index in [-0.39, 0.29) is 11.5 Å². The SMILES string of the molecule is CC(=O)[C@H](Cc1ccccc1)NC(=O)CSc1cccc(C(F)(F)F)c1. The summed E-state index contributed by atoms with van der Waals surface area (Å²) in [4.78, 5) is 24.2. The maximum atomic E-state index is 12.7. The van der Waals surface area contributed by atoms with Crippen LogP contribution >= 0.6 is 11.8 Å². The van der Waals surface area contributed by atoms with E-state index in [1.807, 2.05) is 30.3 Å². The second-order valence-corrected chi connectivity index (χ2v) is 6.78. The minimum absolute atomic E-state index is 0.0696. The van der Waals surface area contributed by atoms with E-state index < -0.39 is 23.7 Å². The number of rotatable bonds is 7. The van der Waals surface area contributed by atoms with E-state index in [1.54, 1.807) is 0 Å². The van der Waals surface area contributed by atoms with Crippen LogP contribution in [-0.4, -0.2) is 23.5 Å². The highest BCUT2D eigenvalue weighted by Crippen LogP contribution is 2.31. The number of hydrogen-bond donors (Lipinski definition) is 1. The van der Waals surface area contributed by atoms with Gasteiger partial charge in [0.25, 0.3) is 0 Å². The third kappa shape index (κ3) is 6.22. The fraction of sp³-hybridized carbons (Fsp3) is 0.263. The van der Waals surface area contributed by atoms with E-state index in [0.29, 0.717) is 11.3 Å². The van der Waals surface area contributed by atoms with Gasteiger partial charge in [-0.15, -0.1) is 11.8 Å². The Morgan fingerprint density at radius 3 is 2.38 bits per heavy atom. The number of carbonyl (C=O) groups excluding carboxylic acids is 2. The van der Waals surface area contributed by atoms with E-state index in [4.69, 9.17) is 0 Å². The number of carbonyl (C=O) groups is 2. The average Bonchev–Trinajstić information content (AvgIpc) is 2.60. The lowest BCUT2D eigenvalue weighted by Crippen LogP contribution is -2.42. The molecule has 0 radical (unpaired) electrons. The van der Waals surface area contributed by atoms with Gasteiger partial charge >= 0.3 is 6.18 Å². The van der Waals surface area contributed by atoms with Gasteiger partial charge in [-0.1, -0.05) is 36.4 Å². The van der Waals surface area contributed by atoms with Gasteiger partial charge in [0, 0.05) is 4.90 Å². The molecule has 0 spiro atoms. The summed E-state index contributed by atoms with van der Waals surface area (Å²) >= 11 is 0.995. The smallest absolute Gasteiger partial charge is 0.345 e. The Labute approximate surface area is 154 Å². The standard InChI is InChI=1S/C19H18F3NO2S/c1-13(24)17(10-14-6-3-2-4-7-14)23-18(25)12-26-16-9-5-8-15(11-16)19(20,21)22/h2-9,11,17H,10,12H2,1H3,(H,23,25)/t17-/m0/s1. The molecule has 0 aliphatic heterocycles. The van der Waals surface area contributed by atoms with E-state index in [0.717, 1.165) is 29.5 Å². The molecule has 2 aromatic carbocycles. The third-order valence-corrected chi connectivity index (χ3v) is 4.63. The first kappa shape index (κ1) is 20.0. The molecule has 1 N–H and O–H groups in total. The summed E-state index contributed by atoms with van der Waals surface area (Å²) in [6.45, 7) is 1.40. The zero-order chi connectivity index (χ0) is 19.2. The molecule has 0 aromatic heterocycles. The molecule has 0 fully saturated rings. The Morgan fingerprint density at radius 1 is 1.08 bits per heavy atom. The summed E-state index contributed by atoms with van der Waals surface area (Å²) in [5.74, 6) is -0.644. The van der Waals surface area contributed by atoms with Gasteiger partial charge < -0.3 is 5.32 Å². The maximum absolute atomic E-state index is 12.7. The van der Waals surface area contributed by atoms with Crippen LogP contribution < -0.4 is 5.32 Å². The minimum Gasteiger partial charge on any atom is -0.345 e. The minimum atomic E-state index is -4.42. The Morgan fingerprint density at radius 2 is 1.77 bits per heavy atom. The van der Waals surface area contributed by atoms with Gasteiger partial charge in [-0.05, 0) is 37.1 Å². The number of amides is 1. The highest BCUT2D eigenvalue weighted by molar-refractivity contribution is 8.00. The van der Waals surface area contributed by atoms with Crippen molar-refractivity contribution in [1.29, 1.82) is 0 Å². The summed E-state index contributed by atoms with van der Waals surface area (Å²) < 4.78 is 38.1. The number of thioether (sulfide) groups is 1. The molecule has 1 atom stereocenters. The summed E-state index contributed by atoms with van der Waals surface area (Å²) in [5, 5.41) is 2.65. The van der Waals surface area contributed by atoms with Gasteiger partial charge in [0.15, 0.2) is 5.78 Å². The molecule has 26 heavy (non-hydrogen) atoms. The zero-order valence-electron chi connectivity index (χ0n) is 14.0. The molecule has 0 unspecified atom stereocenters. The average molecular weight is 381 g/mol. The lowest BCUT2D eigenvalue weighted by Gasteiger charge is -2.16. The Balaban J connectivity index is 1.93. The number of nitrogens with one attached hydrogen (secondary N) is 1. The van der Waals surface area contributed by atoms with Gasteiger partial charge in [0.1, 0.15) is 0 Å². The van der Waals surface area contributed by atoms with Gasteiger partial charge in [-0.2, -0.15) is 13.2 Å². The predicted molar refractivity (Wildman–Crippen MR) is 94.9 cm³/mol. The van der Waals surface area contributed by atoms with Gasteiger partial charge in [0.2, 0.25) is 5.91 Å². The first-order chi connectivity index (χ1) is 12.3. The van der Waals surface area contributed by atoms with Crippen LogP contribution in [-0.2, 0) is 22.2 Å². The summed E-state index contributed by atoms with van der Waals surface area (Å²) in [6.07, 6.45) is -4.05. The van der Waals surface area contributed by atoms with Crippen molar-refractivity contribution in [2.24, 2.45) is 0 Å². The van der Waals surface area contributed by atoms with Crippen molar-refractivity contribution in [3.05, 3.63) is 65.7 Å². The Hall–Kier alpha value is -2.28. The molecule has 0 heterocycles. The van der Waals surface area contributed by atoms with Crippen molar-refractivity contribution in [1.82, 2.24) is 5.32 Å². The number of ketones is 1. The van der Waals surface area contributed by atoms with Gasteiger partial charge in [-0.25, -0.2) is 0 Å². The van der Waals surface area contributed by atoms with Crippen molar-refractivity contribution < 1.29 is 22.8 Å². The maximum Gasteiger partial charge on any atom is 0.416 e. The molecule has 2 aromatic rings. The molecule has 0 aliphatic carbocycles. The van der Waals surface area contributed by atoms with Gasteiger partial charge in [0.05, 0.1) is 17.4 Å². The molecule has 0 bridgehead atoms. The number of Topliss-reactive ketones (excluding diaryl/α,β-unsaturated/α-hetero) is 1. The van der Waals surface area contributed by atoms with Crippen molar-refractivity contribution in [3.8, 4) is 0 Å². The summed E-state index contributed by atoms with van der Waals surface area (Å²) in [5.41, 5.74) is 0.159.